The van der Waals surface area contributed by atoms with E-state index in [0.29, 0.717) is 30.5 Å². The lowest BCUT2D eigenvalue weighted by atomic mass is 10.1. The van der Waals surface area contributed by atoms with Crippen molar-refractivity contribution in [2.45, 2.75) is 25.7 Å². The van der Waals surface area contributed by atoms with Crippen LogP contribution >= 0.6 is 12.4 Å². The summed E-state index contributed by atoms with van der Waals surface area (Å²) in [6.45, 7) is 2.88. The molecule has 26 heavy (non-hydrogen) atoms. The number of hydrogen-bond donors (Lipinski definition) is 2. The molecular weight excluding hydrogens is 356 g/mol. The molecule has 0 radical (unpaired) electrons. The minimum atomic E-state index is 0. The Morgan fingerprint density at radius 2 is 2.19 bits per heavy atom. The van der Waals surface area contributed by atoms with E-state index in [9.17, 15) is 4.79 Å². The summed E-state index contributed by atoms with van der Waals surface area (Å²) in [6, 6.07) is 7.44. The molecule has 1 unspecified atom stereocenters. The molecule has 1 aliphatic rings. The van der Waals surface area contributed by atoms with Gasteiger partial charge < -0.3 is 19.9 Å². The average Bonchev–Trinajstić information content (AvgIpc) is 3.32. The van der Waals surface area contributed by atoms with Crippen LogP contribution in [-0.2, 0) is 11.2 Å². The normalized spacial score (nSPS) is 16.1. The van der Waals surface area contributed by atoms with Crippen LogP contribution in [0.25, 0.3) is 11.4 Å². The van der Waals surface area contributed by atoms with Crippen molar-refractivity contribution >= 4 is 18.3 Å². The van der Waals surface area contributed by atoms with Gasteiger partial charge in [0.05, 0.1) is 7.11 Å². The number of aryl methyl sites for hydroxylation is 1. The van der Waals surface area contributed by atoms with E-state index < -0.39 is 0 Å². The summed E-state index contributed by atoms with van der Waals surface area (Å²) < 4.78 is 10.4. The van der Waals surface area contributed by atoms with E-state index in [1.54, 1.807) is 7.11 Å². The summed E-state index contributed by atoms with van der Waals surface area (Å²) in [4.78, 5) is 16.3. The van der Waals surface area contributed by atoms with Gasteiger partial charge in [0.2, 0.25) is 17.6 Å². The van der Waals surface area contributed by atoms with Crippen molar-refractivity contribution in [3.63, 3.8) is 0 Å². The number of carbonyl (C=O) groups is 1. The monoisotopic (exact) mass is 380 g/mol. The Labute approximate surface area is 159 Å². The van der Waals surface area contributed by atoms with Gasteiger partial charge >= 0.3 is 0 Å². The number of carbonyl (C=O) groups excluding carboxylic acids is 1. The van der Waals surface area contributed by atoms with Crippen LogP contribution in [0.1, 0.15) is 25.2 Å². The van der Waals surface area contributed by atoms with Gasteiger partial charge in [-0.25, -0.2) is 0 Å². The predicted octanol–water partition coefficient (Wildman–Crippen LogP) is 2.22. The third-order valence-corrected chi connectivity index (χ3v) is 4.42. The molecule has 1 fully saturated rings. The molecule has 2 aromatic rings. The number of rotatable bonds is 8. The molecule has 8 heteroatoms. The second-order valence-electron chi connectivity index (χ2n) is 6.24. The van der Waals surface area contributed by atoms with E-state index in [1.165, 1.54) is 6.42 Å². The number of nitrogens with one attached hydrogen (secondary N) is 2. The molecule has 1 atom stereocenters. The fourth-order valence-electron chi connectivity index (χ4n) is 2.90. The first-order valence-electron chi connectivity index (χ1n) is 8.69. The zero-order chi connectivity index (χ0) is 17.5. The standard InChI is InChI=1S/C18H24N4O3.ClH/c1-24-15-4-2-14(3-5-15)18-21-17(25-22-18)7-6-16(23)20-11-9-13-8-10-19-12-13;/h2-5,13,19H,6-12H2,1H3,(H,20,23);1H. The Hall–Kier alpha value is -2.12. The fraction of sp³-hybridized carbons (Fsp3) is 0.500. The van der Waals surface area contributed by atoms with E-state index in [0.717, 1.165) is 37.4 Å². The second kappa shape index (κ2) is 10.1. The Kier molecular flexibility index (Phi) is 7.87. The quantitative estimate of drug-likeness (QED) is 0.729. The van der Waals surface area contributed by atoms with Crippen LogP contribution in [0.3, 0.4) is 0 Å². The second-order valence-corrected chi connectivity index (χ2v) is 6.24. The smallest absolute Gasteiger partial charge is 0.227 e. The number of methoxy groups -OCH3 is 1. The SMILES string of the molecule is COc1ccc(-c2noc(CCC(=O)NCCC3CCNC3)n2)cc1.Cl. The first kappa shape index (κ1) is 20.2. The molecule has 1 aromatic carbocycles. The fourth-order valence-corrected chi connectivity index (χ4v) is 2.90. The maximum absolute atomic E-state index is 11.9. The molecular formula is C18H25ClN4O3. The molecule has 2 heterocycles. The van der Waals surface area contributed by atoms with Crippen LogP contribution in [0, 0.1) is 5.92 Å². The van der Waals surface area contributed by atoms with Gasteiger partial charge in [-0.05, 0) is 56.1 Å². The molecule has 7 nitrogen and oxygen atoms in total. The lowest BCUT2D eigenvalue weighted by Gasteiger charge is -2.08. The van der Waals surface area contributed by atoms with Gasteiger partial charge in [0.1, 0.15) is 5.75 Å². The van der Waals surface area contributed by atoms with Crippen molar-refractivity contribution in [2.24, 2.45) is 5.92 Å². The van der Waals surface area contributed by atoms with Gasteiger partial charge in [-0.3, -0.25) is 4.79 Å². The zero-order valence-electron chi connectivity index (χ0n) is 14.9. The number of aromatic nitrogens is 2. The molecule has 1 aliphatic heterocycles. The van der Waals surface area contributed by atoms with Gasteiger partial charge in [-0.1, -0.05) is 5.16 Å². The molecule has 1 saturated heterocycles. The van der Waals surface area contributed by atoms with Crippen molar-refractivity contribution in [3.8, 4) is 17.1 Å². The molecule has 0 bridgehead atoms. The lowest BCUT2D eigenvalue weighted by molar-refractivity contribution is -0.121. The number of amides is 1. The Morgan fingerprint density at radius 3 is 2.88 bits per heavy atom. The van der Waals surface area contributed by atoms with Crippen molar-refractivity contribution < 1.29 is 14.1 Å². The minimum absolute atomic E-state index is 0. The van der Waals surface area contributed by atoms with Crippen molar-refractivity contribution in [3.05, 3.63) is 30.2 Å². The van der Waals surface area contributed by atoms with Gasteiger partial charge in [0.25, 0.3) is 0 Å². The van der Waals surface area contributed by atoms with E-state index in [4.69, 9.17) is 9.26 Å². The van der Waals surface area contributed by atoms with Crippen molar-refractivity contribution in [2.75, 3.05) is 26.7 Å². The number of ether oxygens (including phenoxy) is 1. The van der Waals surface area contributed by atoms with E-state index in [2.05, 4.69) is 20.8 Å². The molecule has 0 saturated carbocycles. The molecule has 1 aromatic heterocycles. The third-order valence-electron chi connectivity index (χ3n) is 4.42. The topological polar surface area (TPSA) is 89.3 Å². The number of benzene rings is 1. The van der Waals surface area contributed by atoms with Crippen molar-refractivity contribution in [1.29, 1.82) is 0 Å². The highest BCUT2D eigenvalue weighted by Gasteiger charge is 2.15. The molecule has 0 aliphatic carbocycles. The maximum Gasteiger partial charge on any atom is 0.227 e. The molecule has 0 spiro atoms. The summed E-state index contributed by atoms with van der Waals surface area (Å²) in [5.74, 6) is 2.48. The minimum Gasteiger partial charge on any atom is -0.497 e. The Bertz CT molecular complexity index is 684. The van der Waals surface area contributed by atoms with Crippen LogP contribution in [0.15, 0.2) is 28.8 Å². The highest BCUT2D eigenvalue weighted by molar-refractivity contribution is 5.85. The Balaban J connectivity index is 0.00000243. The predicted molar refractivity (Wildman–Crippen MR) is 100 cm³/mol. The number of halogens is 1. The van der Waals surface area contributed by atoms with Gasteiger partial charge in [-0.15, -0.1) is 12.4 Å². The number of hydrogen-bond acceptors (Lipinski definition) is 6. The first-order chi connectivity index (χ1) is 12.2. The first-order valence-corrected chi connectivity index (χ1v) is 8.69. The summed E-state index contributed by atoms with van der Waals surface area (Å²) in [7, 11) is 1.62. The highest BCUT2D eigenvalue weighted by Crippen LogP contribution is 2.20. The van der Waals surface area contributed by atoms with Gasteiger partial charge in [0.15, 0.2) is 0 Å². The van der Waals surface area contributed by atoms with E-state index in [1.807, 2.05) is 24.3 Å². The van der Waals surface area contributed by atoms with Crippen molar-refractivity contribution in [1.82, 2.24) is 20.8 Å². The van der Waals surface area contributed by atoms with Gasteiger partial charge in [-0.2, -0.15) is 4.98 Å². The van der Waals surface area contributed by atoms with Crippen LogP contribution in [0.2, 0.25) is 0 Å². The van der Waals surface area contributed by atoms with Crippen LogP contribution in [0.4, 0.5) is 0 Å². The van der Waals surface area contributed by atoms with Crippen LogP contribution < -0.4 is 15.4 Å². The van der Waals surface area contributed by atoms with E-state index in [-0.39, 0.29) is 18.3 Å². The molecule has 2 N–H and O–H groups in total. The van der Waals surface area contributed by atoms with E-state index >= 15 is 0 Å². The average molecular weight is 381 g/mol. The summed E-state index contributed by atoms with van der Waals surface area (Å²) in [5, 5.41) is 10.3. The zero-order valence-corrected chi connectivity index (χ0v) is 15.7. The lowest BCUT2D eigenvalue weighted by Crippen LogP contribution is -2.26. The van der Waals surface area contributed by atoms with Crippen LogP contribution in [0.5, 0.6) is 5.75 Å². The maximum atomic E-state index is 11.9. The summed E-state index contributed by atoms with van der Waals surface area (Å²) >= 11 is 0. The molecule has 142 valence electrons. The molecule has 1 amide bonds. The molecule has 3 rings (SSSR count). The largest absolute Gasteiger partial charge is 0.497 e. The van der Waals surface area contributed by atoms with Gasteiger partial charge in [0, 0.05) is 24.9 Å². The number of nitrogens with zero attached hydrogens (tertiary/aromatic N) is 2. The summed E-state index contributed by atoms with van der Waals surface area (Å²) in [5.41, 5.74) is 0.852. The summed E-state index contributed by atoms with van der Waals surface area (Å²) in [6.07, 6.45) is 3.03. The van der Waals surface area contributed by atoms with Crippen LogP contribution in [-0.4, -0.2) is 42.8 Å². The third kappa shape index (κ3) is 5.71. The highest BCUT2D eigenvalue weighted by atomic mass is 35.5. The Morgan fingerprint density at radius 1 is 1.38 bits per heavy atom.